The highest BCUT2D eigenvalue weighted by Gasteiger charge is 2.32. The molecule has 2 amide bonds. The SMILES string of the molecule is CC[C@@H](C)NC(=O)[C@H](Cc1ccccc1)N(Cc1ccc(Cl)cc1)C(=O)Cc1ccccc1[N+](=O)[O-]. The van der Waals surface area contributed by atoms with Gasteiger partial charge in [0.2, 0.25) is 11.8 Å². The third-order valence-corrected chi connectivity index (χ3v) is 6.32. The van der Waals surface area contributed by atoms with Gasteiger partial charge in [0.25, 0.3) is 5.69 Å². The molecule has 3 aromatic rings. The van der Waals surface area contributed by atoms with E-state index in [1.807, 2.05) is 44.2 Å². The minimum atomic E-state index is -0.813. The van der Waals surface area contributed by atoms with E-state index in [1.54, 1.807) is 42.5 Å². The van der Waals surface area contributed by atoms with Gasteiger partial charge in [-0.1, -0.05) is 79.2 Å². The van der Waals surface area contributed by atoms with Crippen molar-refractivity contribution >= 4 is 29.1 Å². The molecule has 188 valence electrons. The first-order chi connectivity index (χ1) is 17.3. The quantitative estimate of drug-likeness (QED) is 0.280. The average Bonchev–Trinajstić information content (AvgIpc) is 2.87. The van der Waals surface area contributed by atoms with Gasteiger partial charge in [0, 0.05) is 35.7 Å². The molecule has 0 aromatic heterocycles. The van der Waals surface area contributed by atoms with E-state index in [9.17, 15) is 19.7 Å². The molecule has 0 aliphatic heterocycles. The monoisotopic (exact) mass is 507 g/mol. The molecule has 8 heteroatoms. The minimum Gasteiger partial charge on any atom is -0.352 e. The lowest BCUT2D eigenvalue weighted by molar-refractivity contribution is -0.385. The molecule has 3 rings (SSSR count). The van der Waals surface area contributed by atoms with Gasteiger partial charge in [0.15, 0.2) is 0 Å². The van der Waals surface area contributed by atoms with E-state index in [0.29, 0.717) is 17.0 Å². The average molecular weight is 508 g/mol. The fraction of sp³-hybridized carbons (Fsp3) is 0.286. The number of para-hydroxylation sites is 1. The second kappa shape index (κ2) is 12.8. The molecule has 0 aliphatic rings. The maximum absolute atomic E-state index is 13.7. The summed E-state index contributed by atoms with van der Waals surface area (Å²) in [4.78, 5) is 39.8. The molecule has 36 heavy (non-hydrogen) atoms. The van der Waals surface area contributed by atoms with Gasteiger partial charge in [0.1, 0.15) is 6.04 Å². The maximum atomic E-state index is 13.7. The number of hydrogen-bond acceptors (Lipinski definition) is 4. The zero-order valence-corrected chi connectivity index (χ0v) is 21.1. The van der Waals surface area contributed by atoms with Crippen LogP contribution in [0.2, 0.25) is 5.02 Å². The number of carbonyl (C=O) groups is 2. The first-order valence-corrected chi connectivity index (χ1v) is 12.3. The van der Waals surface area contributed by atoms with Crippen LogP contribution in [-0.2, 0) is 29.0 Å². The molecular formula is C28H30ClN3O4. The first-order valence-electron chi connectivity index (χ1n) is 11.9. The number of nitrogens with one attached hydrogen (secondary N) is 1. The smallest absolute Gasteiger partial charge is 0.273 e. The topological polar surface area (TPSA) is 92.6 Å². The summed E-state index contributed by atoms with van der Waals surface area (Å²) < 4.78 is 0. The molecule has 0 aliphatic carbocycles. The number of rotatable bonds is 11. The van der Waals surface area contributed by atoms with Gasteiger partial charge in [-0.05, 0) is 36.6 Å². The molecule has 0 spiro atoms. The van der Waals surface area contributed by atoms with Crippen molar-refractivity contribution in [1.82, 2.24) is 10.2 Å². The molecule has 0 saturated heterocycles. The number of nitrogens with zero attached hydrogens (tertiary/aromatic N) is 2. The highest BCUT2D eigenvalue weighted by Crippen LogP contribution is 2.22. The van der Waals surface area contributed by atoms with Crippen LogP contribution in [0.3, 0.4) is 0 Å². The van der Waals surface area contributed by atoms with Gasteiger partial charge in [-0.3, -0.25) is 19.7 Å². The van der Waals surface area contributed by atoms with Crippen LogP contribution in [0, 0.1) is 10.1 Å². The number of hydrogen-bond donors (Lipinski definition) is 1. The third kappa shape index (κ3) is 7.39. The van der Waals surface area contributed by atoms with Crippen molar-refractivity contribution in [2.75, 3.05) is 0 Å². The normalized spacial score (nSPS) is 12.4. The minimum absolute atomic E-state index is 0.0709. The summed E-state index contributed by atoms with van der Waals surface area (Å²) in [5.41, 5.74) is 1.88. The van der Waals surface area contributed by atoms with E-state index < -0.39 is 11.0 Å². The van der Waals surface area contributed by atoms with Crippen LogP contribution in [0.15, 0.2) is 78.9 Å². The number of benzene rings is 3. The second-order valence-corrected chi connectivity index (χ2v) is 9.17. The molecule has 0 saturated carbocycles. The van der Waals surface area contributed by atoms with Crippen molar-refractivity contribution in [1.29, 1.82) is 0 Å². The molecule has 7 nitrogen and oxygen atoms in total. The fourth-order valence-corrected chi connectivity index (χ4v) is 4.01. The summed E-state index contributed by atoms with van der Waals surface area (Å²) in [6.07, 6.45) is 0.844. The second-order valence-electron chi connectivity index (χ2n) is 8.73. The summed E-state index contributed by atoms with van der Waals surface area (Å²) >= 11 is 6.05. The summed E-state index contributed by atoms with van der Waals surface area (Å²) in [7, 11) is 0. The van der Waals surface area contributed by atoms with Crippen LogP contribution >= 0.6 is 11.6 Å². The highest BCUT2D eigenvalue weighted by atomic mass is 35.5. The van der Waals surface area contributed by atoms with Gasteiger partial charge in [-0.2, -0.15) is 0 Å². The Morgan fingerprint density at radius 3 is 2.25 bits per heavy atom. The van der Waals surface area contributed by atoms with Crippen LogP contribution < -0.4 is 5.32 Å². The van der Waals surface area contributed by atoms with Crippen LogP contribution in [0.25, 0.3) is 0 Å². The molecule has 2 atom stereocenters. The van der Waals surface area contributed by atoms with E-state index >= 15 is 0 Å². The lowest BCUT2D eigenvalue weighted by atomic mass is 10.0. The predicted molar refractivity (Wildman–Crippen MR) is 141 cm³/mol. The van der Waals surface area contributed by atoms with E-state index in [2.05, 4.69) is 5.32 Å². The first kappa shape index (κ1) is 26.9. The Balaban J connectivity index is 2.01. The molecular weight excluding hydrogens is 478 g/mol. The van der Waals surface area contributed by atoms with Crippen LogP contribution in [0.5, 0.6) is 0 Å². The van der Waals surface area contributed by atoms with Gasteiger partial charge in [0.05, 0.1) is 11.3 Å². The van der Waals surface area contributed by atoms with Crippen LogP contribution in [-0.4, -0.2) is 33.7 Å². The lowest BCUT2D eigenvalue weighted by Gasteiger charge is -2.32. The van der Waals surface area contributed by atoms with E-state index in [1.165, 1.54) is 11.0 Å². The summed E-state index contributed by atoms with van der Waals surface area (Å²) in [5.74, 6) is -0.641. The number of nitro benzene ring substituents is 1. The van der Waals surface area contributed by atoms with Crippen LogP contribution in [0.4, 0.5) is 5.69 Å². The maximum Gasteiger partial charge on any atom is 0.273 e. The summed E-state index contributed by atoms with van der Waals surface area (Å²) in [5, 5.41) is 15.1. The fourth-order valence-electron chi connectivity index (χ4n) is 3.88. The van der Waals surface area contributed by atoms with E-state index in [0.717, 1.165) is 17.5 Å². The molecule has 0 fully saturated rings. The van der Waals surface area contributed by atoms with Gasteiger partial charge < -0.3 is 10.2 Å². The molecule has 0 bridgehead atoms. The Kier molecular flexibility index (Phi) is 9.59. The van der Waals surface area contributed by atoms with Crippen LogP contribution in [0.1, 0.15) is 37.0 Å². The zero-order valence-electron chi connectivity index (χ0n) is 20.4. The third-order valence-electron chi connectivity index (χ3n) is 6.07. The molecule has 3 aromatic carbocycles. The van der Waals surface area contributed by atoms with Crippen molar-refractivity contribution in [3.8, 4) is 0 Å². The van der Waals surface area contributed by atoms with Crippen molar-refractivity contribution < 1.29 is 14.5 Å². The van der Waals surface area contributed by atoms with E-state index in [-0.39, 0.29) is 36.5 Å². The number of nitro groups is 1. The van der Waals surface area contributed by atoms with Crippen molar-refractivity contribution in [2.45, 2.75) is 51.7 Å². The Morgan fingerprint density at radius 1 is 0.972 bits per heavy atom. The van der Waals surface area contributed by atoms with Crippen molar-refractivity contribution in [3.05, 3.63) is 111 Å². The lowest BCUT2D eigenvalue weighted by Crippen LogP contribution is -2.52. The van der Waals surface area contributed by atoms with Crippen molar-refractivity contribution in [2.24, 2.45) is 0 Å². The molecule has 1 N–H and O–H groups in total. The van der Waals surface area contributed by atoms with E-state index in [4.69, 9.17) is 11.6 Å². The molecule has 0 heterocycles. The Labute approximate surface area is 216 Å². The largest absolute Gasteiger partial charge is 0.352 e. The standard InChI is InChI=1S/C28H30ClN3O4/c1-3-20(2)30-28(34)26(17-21-9-5-4-6-10-21)31(19-22-13-15-24(29)16-14-22)27(33)18-23-11-7-8-12-25(23)32(35)36/h4-16,20,26H,3,17-19H2,1-2H3,(H,30,34)/t20-,26+/m1/s1. The molecule has 0 radical (unpaired) electrons. The molecule has 0 unspecified atom stereocenters. The van der Waals surface area contributed by atoms with Gasteiger partial charge in [-0.15, -0.1) is 0 Å². The predicted octanol–water partition coefficient (Wildman–Crippen LogP) is 5.35. The highest BCUT2D eigenvalue weighted by molar-refractivity contribution is 6.30. The summed E-state index contributed by atoms with van der Waals surface area (Å²) in [6.45, 7) is 4.04. The Bertz CT molecular complexity index is 1180. The van der Waals surface area contributed by atoms with Gasteiger partial charge in [-0.25, -0.2) is 0 Å². The zero-order chi connectivity index (χ0) is 26.1. The van der Waals surface area contributed by atoms with Gasteiger partial charge >= 0.3 is 0 Å². The Hall–Kier alpha value is -3.71. The number of halogens is 1. The van der Waals surface area contributed by atoms with Crippen molar-refractivity contribution in [3.63, 3.8) is 0 Å². The Morgan fingerprint density at radius 2 is 1.61 bits per heavy atom. The number of amides is 2. The summed E-state index contributed by atoms with van der Waals surface area (Å²) in [6, 6.07) is 21.9. The number of carbonyl (C=O) groups excluding carboxylic acids is 2.